The molecule has 0 aliphatic heterocycles. The average Bonchev–Trinajstić information content (AvgIpc) is 1.88. The Morgan fingerprint density at radius 3 is 2.80 bits per heavy atom. The van der Waals surface area contributed by atoms with Crippen LogP contribution in [0, 0.1) is 12.9 Å². The minimum absolute atomic E-state index is 0.416. The predicted octanol–water partition coefficient (Wildman–Crippen LogP) is 0.988. The third-order valence-corrected chi connectivity index (χ3v) is 1.38. The lowest BCUT2D eigenvalue weighted by Gasteiger charge is -1.99. The van der Waals surface area contributed by atoms with Crippen LogP contribution in [0.3, 0.4) is 0 Å². The SMILES string of the molecule is Cc1nc(F)ccc1CN. The van der Waals surface area contributed by atoms with Crippen molar-refractivity contribution in [3.63, 3.8) is 0 Å². The van der Waals surface area contributed by atoms with Crippen molar-refractivity contribution in [2.45, 2.75) is 13.5 Å². The number of aryl methyl sites for hydroxylation is 1. The highest BCUT2D eigenvalue weighted by Crippen LogP contribution is 2.03. The molecular formula is C7H9FN2. The van der Waals surface area contributed by atoms with Crippen LogP contribution in [0.2, 0.25) is 0 Å². The first-order chi connectivity index (χ1) is 4.74. The summed E-state index contributed by atoms with van der Waals surface area (Å²) in [4.78, 5) is 3.60. The van der Waals surface area contributed by atoms with Crippen LogP contribution in [-0.2, 0) is 6.54 Å². The van der Waals surface area contributed by atoms with Crippen LogP contribution in [0.5, 0.6) is 0 Å². The molecule has 3 heteroatoms. The Balaban J connectivity index is 3.07. The van der Waals surface area contributed by atoms with Gasteiger partial charge >= 0.3 is 0 Å². The van der Waals surface area contributed by atoms with Crippen LogP contribution < -0.4 is 5.73 Å². The number of hydrogen-bond acceptors (Lipinski definition) is 2. The molecule has 0 radical (unpaired) electrons. The average molecular weight is 140 g/mol. The molecule has 0 aromatic carbocycles. The van der Waals surface area contributed by atoms with E-state index in [4.69, 9.17) is 5.73 Å². The summed E-state index contributed by atoms with van der Waals surface area (Å²) < 4.78 is 12.3. The highest BCUT2D eigenvalue weighted by atomic mass is 19.1. The van der Waals surface area contributed by atoms with E-state index in [0.29, 0.717) is 12.2 Å². The number of halogens is 1. The minimum atomic E-state index is -0.449. The van der Waals surface area contributed by atoms with E-state index in [1.807, 2.05) is 0 Å². The second-order valence-corrected chi connectivity index (χ2v) is 2.08. The van der Waals surface area contributed by atoms with E-state index >= 15 is 0 Å². The van der Waals surface area contributed by atoms with Crippen LogP contribution in [-0.4, -0.2) is 4.98 Å². The Hall–Kier alpha value is -0.960. The Kier molecular flexibility index (Phi) is 1.97. The highest BCUT2D eigenvalue weighted by molar-refractivity contribution is 5.18. The van der Waals surface area contributed by atoms with Crippen molar-refractivity contribution >= 4 is 0 Å². The fraction of sp³-hybridized carbons (Fsp3) is 0.286. The number of nitrogens with two attached hydrogens (primary N) is 1. The van der Waals surface area contributed by atoms with E-state index in [-0.39, 0.29) is 0 Å². The molecule has 1 heterocycles. The lowest BCUT2D eigenvalue weighted by molar-refractivity contribution is 0.578. The zero-order chi connectivity index (χ0) is 7.56. The summed E-state index contributed by atoms with van der Waals surface area (Å²) in [5.74, 6) is -0.449. The Labute approximate surface area is 58.9 Å². The molecule has 0 spiro atoms. The molecule has 2 N–H and O–H groups in total. The van der Waals surface area contributed by atoms with Crippen LogP contribution in [0.15, 0.2) is 12.1 Å². The third kappa shape index (κ3) is 1.30. The molecule has 0 saturated heterocycles. The van der Waals surface area contributed by atoms with E-state index in [0.717, 1.165) is 5.56 Å². The standard InChI is InChI=1S/C7H9FN2/c1-5-6(4-9)2-3-7(8)10-5/h2-3H,4,9H2,1H3. The lowest BCUT2D eigenvalue weighted by atomic mass is 10.2. The molecule has 0 fully saturated rings. The fourth-order valence-electron chi connectivity index (χ4n) is 0.775. The smallest absolute Gasteiger partial charge is 0.213 e. The normalized spacial score (nSPS) is 9.90. The first-order valence-corrected chi connectivity index (χ1v) is 3.06. The van der Waals surface area contributed by atoms with E-state index in [9.17, 15) is 4.39 Å². The van der Waals surface area contributed by atoms with Crippen molar-refractivity contribution < 1.29 is 4.39 Å². The second kappa shape index (κ2) is 2.75. The Morgan fingerprint density at radius 2 is 2.30 bits per heavy atom. The number of aromatic nitrogens is 1. The zero-order valence-corrected chi connectivity index (χ0v) is 5.76. The van der Waals surface area contributed by atoms with E-state index in [1.54, 1.807) is 13.0 Å². The summed E-state index contributed by atoms with van der Waals surface area (Å²) >= 11 is 0. The second-order valence-electron chi connectivity index (χ2n) is 2.08. The molecule has 0 aliphatic rings. The summed E-state index contributed by atoms with van der Waals surface area (Å²) in [6.07, 6.45) is 0. The highest BCUT2D eigenvalue weighted by Gasteiger charge is 1.97. The van der Waals surface area contributed by atoms with Crippen LogP contribution in [0.4, 0.5) is 4.39 Å². The molecule has 1 aromatic rings. The van der Waals surface area contributed by atoms with Gasteiger partial charge in [-0.1, -0.05) is 6.07 Å². The van der Waals surface area contributed by atoms with E-state index in [2.05, 4.69) is 4.98 Å². The molecule has 0 amide bonds. The zero-order valence-electron chi connectivity index (χ0n) is 5.76. The van der Waals surface area contributed by atoms with Gasteiger partial charge in [0.1, 0.15) is 0 Å². The minimum Gasteiger partial charge on any atom is -0.326 e. The summed E-state index contributed by atoms with van der Waals surface area (Å²) in [6, 6.07) is 2.97. The maximum absolute atomic E-state index is 12.3. The molecule has 0 atom stereocenters. The van der Waals surface area contributed by atoms with Gasteiger partial charge < -0.3 is 5.73 Å². The monoisotopic (exact) mass is 140 g/mol. The van der Waals surface area contributed by atoms with Gasteiger partial charge in [-0.25, -0.2) is 4.98 Å². The molecule has 0 saturated carbocycles. The van der Waals surface area contributed by atoms with Crippen LogP contribution in [0.1, 0.15) is 11.3 Å². The van der Waals surface area contributed by atoms with Gasteiger partial charge in [-0.15, -0.1) is 0 Å². The maximum Gasteiger partial charge on any atom is 0.213 e. The topological polar surface area (TPSA) is 38.9 Å². The van der Waals surface area contributed by atoms with Crippen molar-refractivity contribution in [1.29, 1.82) is 0 Å². The molecule has 1 aromatic heterocycles. The number of nitrogens with zero attached hydrogens (tertiary/aromatic N) is 1. The molecule has 10 heavy (non-hydrogen) atoms. The first-order valence-electron chi connectivity index (χ1n) is 3.06. The lowest BCUT2D eigenvalue weighted by Crippen LogP contribution is -2.01. The van der Waals surface area contributed by atoms with Crippen molar-refractivity contribution in [2.75, 3.05) is 0 Å². The first kappa shape index (κ1) is 7.15. The Morgan fingerprint density at radius 1 is 1.60 bits per heavy atom. The van der Waals surface area contributed by atoms with Gasteiger partial charge in [0.2, 0.25) is 5.95 Å². The molecule has 0 unspecified atom stereocenters. The third-order valence-electron chi connectivity index (χ3n) is 1.38. The van der Waals surface area contributed by atoms with Gasteiger partial charge in [-0.2, -0.15) is 4.39 Å². The molecule has 1 rings (SSSR count). The number of hydrogen-bond donors (Lipinski definition) is 1. The summed E-state index contributed by atoms with van der Waals surface area (Å²) in [7, 11) is 0. The van der Waals surface area contributed by atoms with E-state index in [1.165, 1.54) is 6.07 Å². The van der Waals surface area contributed by atoms with Gasteiger partial charge in [0.15, 0.2) is 0 Å². The van der Waals surface area contributed by atoms with Crippen molar-refractivity contribution in [1.82, 2.24) is 4.98 Å². The fourth-order valence-corrected chi connectivity index (χ4v) is 0.775. The maximum atomic E-state index is 12.3. The number of pyridine rings is 1. The quantitative estimate of drug-likeness (QED) is 0.591. The van der Waals surface area contributed by atoms with Crippen molar-refractivity contribution in [3.8, 4) is 0 Å². The Bertz CT molecular complexity index is 235. The molecular weight excluding hydrogens is 131 g/mol. The summed E-state index contributed by atoms with van der Waals surface area (Å²) in [6.45, 7) is 2.16. The molecule has 0 aliphatic carbocycles. The summed E-state index contributed by atoms with van der Waals surface area (Å²) in [5, 5.41) is 0. The molecule has 0 bridgehead atoms. The summed E-state index contributed by atoms with van der Waals surface area (Å²) in [5.41, 5.74) is 6.90. The van der Waals surface area contributed by atoms with Gasteiger partial charge in [-0.3, -0.25) is 0 Å². The van der Waals surface area contributed by atoms with Crippen molar-refractivity contribution in [2.24, 2.45) is 5.73 Å². The van der Waals surface area contributed by atoms with Gasteiger partial charge in [0, 0.05) is 12.2 Å². The van der Waals surface area contributed by atoms with Gasteiger partial charge in [-0.05, 0) is 18.6 Å². The van der Waals surface area contributed by atoms with E-state index < -0.39 is 5.95 Å². The molecule has 54 valence electrons. The number of rotatable bonds is 1. The molecule has 2 nitrogen and oxygen atoms in total. The van der Waals surface area contributed by atoms with Gasteiger partial charge in [0.05, 0.1) is 0 Å². The largest absolute Gasteiger partial charge is 0.326 e. The van der Waals surface area contributed by atoms with Crippen LogP contribution >= 0.6 is 0 Å². The van der Waals surface area contributed by atoms with Crippen molar-refractivity contribution in [3.05, 3.63) is 29.3 Å². The predicted molar refractivity (Wildman–Crippen MR) is 36.8 cm³/mol. The van der Waals surface area contributed by atoms with Crippen LogP contribution in [0.25, 0.3) is 0 Å². The van der Waals surface area contributed by atoms with Gasteiger partial charge in [0.25, 0.3) is 0 Å².